The molecule has 0 spiro atoms. The Kier molecular flexibility index (Phi) is 3.99. The number of fused-ring (bicyclic) bond motifs is 1. The Labute approximate surface area is 129 Å². The largest absolute Gasteiger partial charge is 0.416 e. The molecule has 1 aliphatic rings. The quantitative estimate of drug-likeness (QED) is 0.815. The van der Waals surface area contributed by atoms with Crippen LogP contribution in [0.5, 0.6) is 0 Å². The van der Waals surface area contributed by atoms with Crippen molar-refractivity contribution in [2.24, 2.45) is 0 Å². The Morgan fingerprint density at radius 1 is 1.29 bits per heavy atom. The van der Waals surface area contributed by atoms with Crippen molar-refractivity contribution in [2.75, 3.05) is 0 Å². The number of hydrogen-bond acceptors (Lipinski definition) is 2. The van der Waals surface area contributed by atoms with Gasteiger partial charge in [-0.3, -0.25) is 0 Å². The van der Waals surface area contributed by atoms with Gasteiger partial charge >= 0.3 is 6.18 Å². The highest BCUT2D eigenvalue weighted by Gasteiger charge is 2.33. The van der Waals surface area contributed by atoms with Crippen LogP contribution in [0.1, 0.15) is 34.0 Å². The molecule has 0 aliphatic heterocycles. The highest BCUT2D eigenvalue weighted by Crippen LogP contribution is 2.39. The van der Waals surface area contributed by atoms with Crippen molar-refractivity contribution >= 4 is 22.9 Å². The summed E-state index contributed by atoms with van der Waals surface area (Å²) in [5, 5.41) is 3.23. The van der Waals surface area contributed by atoms with Gasteiger partial charge in [-0.1, -0.05) is 29.8 Å². The fourth-order valence-electron chi connectivity index (χ4n) is 2.73. The van der Waals surface area contributed by atoms with Gasteiger partial charge in [0, 0.05) is 17.5 Å². The Hall–Kier alpha value is -1.04. The molecule has 1 nitrogen and oxygen atoms in total. The van der Waals surface area contributed by atoms with Gasteiger partial charge in [-0.25, -0.2) is 0 Å². The average Bonchev–Trinajstić information content (AvgIpc) is 2.95. The van der Waals surface area contributed by atoms with Gasteiger partial charge < -0.3 is 5.32 Å². The lowest BCUT2D eigenvalue weighted by Gasteiger charge is -2.16. The van der Waals surface area contributed by atoms with E-state index in [4.69, 9.17) is 11.6 Å². The number of benzene rings is 1. The molecule has 1 aromatic heterocycles. The molecule has 21 heavy (non-hydrogen) atoms. The highest BCUT2D eigenvalue weighted by atomic mass is 35.5. The molecule has 0 bridgehead atoms. The van der Waals surface area contributed by atoms with Crippen LogP contribution in [0, 0.1) is 0 Å². The minimum atomic E-state index is -4.31. The van der Waals surface area contributed by atoms with E-state index in [0.29, 0.717) is 0 Å². The molecule has 6 heteroatoms. The minimum absolute atomic E-state index is 0.0880. The maximum absolute atomic E-state index is 12.9. The van der Waals surface area contributed by atoms with Crippen molar-refractivity contribution in [1.29, 1.82) is 0 Å². The zero-order valence-corrected chi connectivity index (χ0v) is 12.6. The van der Waals surface area contributed by atoms with Crippen molar-refractivity contribution in [1.82, 2.24) is 5.32 Å². The van der Waals surface area contributed by atoms with E-state index in [-0.39, 0.29) is 18.2 Å². The molecule has 0 saturated carbocycles. The van der Waals surface area contributed by atoms with Gasteiger partial charge in [0.1, 0.15) is 0 Å². The predicted octanol–water partition coefficient (Wildman–Crippen LogP) is 5.20. The first-order valence-corrected chi connectivity index (χ1v) is 7.81. The molecular formula is C15H13ClF3NS. The number of halogens is 4. The number of alkyl halides is 3. The summed E-state index contributed by atoms with van der Waals surface area (Å²) in [5.74, 6) is 0. The molecule has 0 radical (unpaired) electrons. The van der Waals surface area contributed by atoms with Crippen LogP contribution in [-0.2, 0) is 19.1 Å². The second-order valence-electron chi connectivity index (χ2n) is 5.06. The van der Waals surface area contributed by atoms with Gasteiger partial charge in [0.15, 0.2) is 0 Å². The van der Waals surface area contributed by atoms with Crippen LogP contribution in [0.2, 0.25) is 4.34 Å². The molecule has 0 fully saturated rings. The molecule has 0 saturated heterocycles. The van der Waals surface area contributed by atoms with Crippen molar-refractivity contribution in [3.63, 3.8) is 0 Å². The summed E-state index contributed by atoms with van der Waals surface area (Å²) in [6.45, 7) is 0.202. The zero-order valence-electron chi connectivity index (χ0n) is 11.0. The smallest absolute Gasteiger partial charge is 0.306 e. The number of nitrogens with one attached hydrogen (secondary N) is 1. The van der Waals surface area contributed by atoms with Crippen LogP contribution in [-0.4, -0.2) is 0 Å². The molecule has 1 unspecified atom stereocenters. The fourth-order valence-corrected chi connectivity index (χ4v) is 4.08. The molecule has 0 amide bonds. The minimum Gasteiger partial charge on any atom is -0.306 e. The van der Waals surface area contributed by atoms with E-state index in [1.165, 1.54) is 17.0 Å². The van der Waals surface area contributed by atoms with E-state index in [9.17, 15) is 13.2 Å². The third-order valence-corrected chi connectivity index (χ3v) is 5.05. The first kappa shape index (κ1) is 14.9. The average molecular weight is 332 g/mol. The lowest BCUT2D eigenvalue weighted by Crippen LogP contribution is -2.21. The summed E-state index contributed by atoms with van der Waals surface area (Å²) in [4.78, 5) is 1.24. The normalized spacial score (nSPS) is 18.0. The van der Waals surface area contributed by atoms with Gasteiger partial charge in [-0.15, -0.1) is 11.3 Å². The number of aryl methyl sites for hydroxylation is 1. The third kappa shape index (κ3) is 3.10. The van der Waals surface area contributed by atoms with Crippen LogP contribution in [0.15, 0.2) is 30.3 Å². The van der Waals surface area contributed by atoms with E-state index < -0.39 is 11.7 Å². The molecule has 1 atom stereocenters. The Morgan fingerprint density at radius 3 is 2.81 bits per heavy atom. The SMILES string of the molecule is FC(F)(F)c1ccccc1CNC1CCc2sc(Cl)cc21. The van der Waals surface area contributed by atoms with E-state index in [1.807, 2.05) is 6.07 Å². The van der Waals surface area contributed by atoms with Crippen LogP contribution in [0.25, 0.3) is 0 Å². The second-order valence-corrected chi connectivity index (χ2v) is 6.82. The summed E-state index contributed by atoms with van der Waals surface area (Å²) in [6, 6.07) is 7.70. The van der Waals surface area contributed by atoms with Crippen LogP contribution >= 0.6 is 22.9 Å². The van der Waals surface area contributed by atoms with Crippen molar-refractivity contribution in [3.05, 3.63) is 56.2 Å². The van der Waals surface area contributed by atoms with Gasteiger partial charge in [-0.05, 0) is 36.1 Å². The van der Waals surface area contributed by atoms with Gasteiger partial charge in [-0.2, -0.15) is 13.2 Å². The maximum Gasteiger partial charge on any atom is 0.416 e. The van der Waals surface area contributed by atoms with E-state index >= 15 is 0 Å². The summed E-state index contributed by atoms with van der Waals surface area (Å²) in [6.07, 6.45) is -2.47. The summed E-state index contributed by atoms with van der Waals surface area (Å²) in [7, 11) is 0. The predicted molar refractivity (Wildman–Crippen MR) is 78.7 cm³/mol. The van der Waals surface area contributed by atoms with Crippen molar-refractivity contribution in [3.8, 4) is 0 Å². The lowest BCUT2D eigenvalue weighted by molar-refractivity contribution is -0.138. The second kappa shape index (κ2) is 5.63. The summed E-state index contributed by atoms with van der Waals surface area (Å²) < 4.78 is 39.6. The Balaban J connectivity index is 1.75. The molecular weight excluding hydrogens is 319 g/mol. The van der Waals surface area contributed by atoms with Gasteiger partial charge in [0.2, 0.25) is 0 Å². The molecule has 1 aromatic carbocycles. The zero-order chi connectivity index (χ0) is 15.0. The van der Waals surface area contributed by atoms with E-state index in [0.717, 1.165) is 28.8 Å². The van der Waals surface area contributed by atoms with Crippen LogP contribution in [0.3, 0.4) is 0 Å². The monoisotopic (exact) mass is 331 g/mol. The molecule has 1 N–H and O–H groups in total. The van der Waals surface area contributed by atoms with E-state index in [1.54, 1.807) is 17.4 Å². The molecule has 3 rings (SSSR count). The molecule has 2 aromatic rings. The number of thiophene rings is 1. The maximum atomic E-state index is 12.9. The molecule has 112 valence electrons. The van der Waals surface area contributed by atoms with Crippen molar-refractivity contribution in [2.45, 2.75) is 31.6 Å². The topological polar surface area (TPSA) is 12.0 Å². The van der Waals surface area contributed by atoms with E-state index in [2.05, 4.69) is 5.32 Å². The Morgan fingerprint density at radius 2 is 2.05 bits per heavy atom. The number of hydrogen-bond donors (Lipinski definition) is 1. The summed E-state index contributed by atoms with van der Waals surface area (Å²) >= 11 is 7.54. The van der Waals surface area contributed by atoms with Crippen molar-refractivity contribution < 1.29 is 13.2 Å². The first-order valence-electron chi connectivity index (χ1n) is 6.62. The number of rotatable bonds is 3. The molecule has 1 aliphatic carbocycles. The highest BCUT2D eigenvalue weighted by molar-refractivity contribution is 7.16. The van der Waals surface area contributed by atoms with Crippen LogP contribution < -0.4 is 5.32 Å². The summed E-state index contributed by atoms with van der Waals surface area (Å²) in [5.41, 5.74) is 0.841. The first-order chi connectivity index (χ1) is 9.95. The standard InChI is InChI=1S/C15H13ClF3NS/c16-14-7-10-12(5-6-13(10)21-14)20-8-9-3-1-2-4-11(9)15(17,18)19/h1-4,7,12,20H,5-6,8H2. The van der Waals surface area contributed by atoms with Gasteiger partial charge in [0.25, 0.3) is 0 Å². The van der Waals surface area contributed by atoms with Crippen LogP contribution in [0.4, 0.5) is 13.2 Å². The molecule has 1 heterocycles. The lowest BCUT2D eigenvalue weighted by atomic mass is 10.1. The third-order valence-electron chi connectivity index (χ3n) is 3.71. The van der Waals surface area contributed by atoms with Gasteiger partial charge in [0.05, 0.1) is 9.90 Å². The Bertz CT molecular complexity index is 651. The fraction of sp³-hybridized carbons (Fsp3) is 0.333.